The van der Waals surface area contributed by atoms with Gasteiger partial charge in [-0.3, -0.25) is 0 Å². The van der Waals surface area contributed by atoms with Crippen LogP contribution in [0.5, 0.6) is 0 Å². The number of rotatable bonds is 12. The molecule has 0 atom stereocenters. The molecule has 0 aliphatic carbocycles. The maximum Gasteiger partial charge on any atom is 0.256 e. The van der Waals surface area contributed by atoms with E-state index in [-0.39, 0.29) is 0 Å². The maximum absolute atomic E-state index is 2.48. The Balaban J connectivity index is 2.31. The Kier molecular flexibility index (Phi) is 9.44. The minimum Gasteiger partial charge on any atom is -0.235 e. The molecule has 20 heavy (non-hydrogen) atoms. The van der Waals surface area contributed by atoms with E-state index in [0.717, 1.165) is 6.54 Å². The van der Waals surface area contributed by atoms with Gasteiger partial charge in [0.25, 0.3) is 5.82 Å². The zero-order valence-corrected chi connectivity index (χ0v) is 14.0. The first kappa shape index (κ1) is 17.3. The van der Waals surface area contributed by atoms with Gasteiger partial charge in [-0.2, -0.15) is 0 Å². The highest BCUT2D eigenvalue weighted by Gasteiger charge is 2.14. The number of imidazole rings is 1. The van der Waals surface area contributed by atoms with E-state index in [4.69, 9.17) is 0 Å². The fourth-order valence-electron chi connectivity index (χ4n) is 2.85. The van der Waals surface area contributed by atoms with Crippen LogP contribution in [-0.2, 0) is 19.5 Å². The summed E-state index contributed by atoms with van der Waals surface area (Å²) in [5, 5.41) is 0. The van der Waals surface area contributed by atoms with Gasteiger partial charge in [-0.1, -0.05) is 58.8 Å². The van der Waals surface area contributed by atoms with Gasteiger partial charge in [-0.05, 0) is 19.8 Å². The molecule has 0 N–H and O–H groups in total. The van der Waals surface area contributed by atoms with Gasteiger partial charge in [0.05, 0.1) is 13.1 Å². The molecule has 0 fully saturated rings. The summed E-state index contributed by atoms with van der Waals surface area (Å²) in [7, 11) is 0. The summed E-state index contributed by atoms with van der Waals surface area (Å²) in [5.74, 6) is 1.54. The van der Waals surface area contributed by atoms with E-state index in [2.05, 4.69) is 42.3 Å². The second-order valence-corrected chi connectivity index (χ2v) is 5.92. The first-order valence-corrected chi connectivity index (χ1v) is 8.90. The lowest BCUT2D eigenvalue weighted by Gasteiger charge is -2.04. The molecular formula is C18H35N2+. The van der Waals surface area contributed by atoms with E-state index in [1.807, 2.05) is 0 Å². The van der Waals surface area contributed by atoms with Gasteiger partial charge in [0, 0.05) is 6.42 Å². The van der Waals surface area contributed by atoms with E-state index in [1.54, 1.807) is 0 Å². The van der Waals surface area contributed by atoms with Crippen molar-refractivity contribution in [1.29, 1.82) is 0 Å². The van der Waals surface area contributed by atoms with Gasteiger partial charge in [-0.15, -0.1) is 0 Å². The highest BCUT2D eigenvalue weighted by atomic mass is 15.1. The fourth-order valence-corrected chi connectivity index (χ4v) is 2.85. The molecule has 0 aliphatic rings. The van der Waals surface area contributed by atoms with Gasteiger partial charge in [-0.25, -0.2) is 9.13 Å². The molecular weight excluding hydrogens is 244 g/mol. The zero-order valence-electron chi connectivity index (χ0n) is 14.0. The zero-order chi connectivity index (χ0) is 14.6. The molecule has 0 saturated carbocycles. The SMILES string of the molecule is CCCCCCCCCc1n(CC)cc[n+]1CCCC. The van der Waals surface area contributed by atoms with Crippen LogP contribution in [0.25, 0.3) is 0 Å². The Hall–Kier alpha value is -0.790. The summed E-state index contributed by atoms with van der Waals surface area (Å²) in [5.41, 5.74) is 0. The molecule has 2 nitrogen and oxygen atoms in total. The summed E-state index contributed by atoms with van der Waals surface area (Å²) in [4.78, 5) is 0. The summed E-state index contributed by atoms with van der Waals surface area (Å²) in [6.45, 7) is 9.10. The van der Waals surface area contributed by atoms with E-state index < -0.39 is 0 Å². The second-order valence-electron chi connectivity index (χ2n) is 5.92. The third-order valence-corrected chi connectivity index (χ3v) is 4.19. The van der Waals surface area contributed by atoms with Crippen molar-refractivity contribution < 1.29 is 4.57 Å². The summed E-state index contributed by atoms with van der Waals surface area (Å²) in [6, 6.07) is 0. The smallest absolute Gasteiger partial charge is 0.235 e. The largest absolute Gasteiger partial charge is 0.256 e. The second kappa shape index (κ2) is 10.9. The minimum atomic E-state index is 1.10. The van der Waals surface area contributed by atoms with Crippen LogP contribution in [-0.4, -0.2) is 4.57 Å². The third kappa shape index (κ3) is 6.11. The lowest BCUT2D eigenvalue weighted by Crippen LogP contribution is -2.37. The maximum atomic E-state index is 2.48. The van der Waals surface area contributed by atoms with Gasteiger partial charge >= 0.3 is 0 Å². The molecule has 0 amide bonds. The molecule has 116 valence electrons. The molecule has 0 saturated heterocycles. The van der Waals surface area contributed by atoms with Crippen LogP contribution in [0.15, 0.2) is 12.4 Å². The number of aryl methyl sites for hydroxylation is 2. The van der Waals surface area contributed by atoms with Crippen LogP contribution in [0.4, 0.5) is 0 Å². The molecule has 1 aromatic heterocycles. The normalized spacial score (nSPS) is 11.2. The van der Waals surface area contributed by atoms with Gasteiger partial charge in [0.1, 0.15) is 12.4 Å². The molecule has 1 heterocycles. The van der Waals surface area contributed by atoms with Crippen molar-refractivity contribution in [3.05, 3.63) is 18.2 Å². The summed E-state index contributed by atoms with van der Waals surface area (Å²) >= 11 is 0. The highest BCUT2D eigenvalue weighted by molar-refractivity contribution is 4.83. The molecule has 1 aromatic rings. The molecule has 0 spiro atoms. The Morgan fingerprint density at radius 1 is 0.850 bits per heavy atom. The van der Waals surface area contributed by atoms with Crippen molar-refractivity contribution in [2.75, 3.05) is 0 Å². The predicted octanol–water partition coefficient (Wildman–Crippen LogP) is 4.89. The third-order valence-electron chi connectivity index (χ3n) is 4.19. The van der Waals surface area contributed by atoms with Crippen LogP contribution in [0.3, 0.4) is 0 Å². The van der Waals surface area contributed by atoms with E-state index >= 15 is 0 Å². The van der Waals surface area contributed by atoms with Crippen molar-refractivity contribution in [3.63, 3.8) is 0 Å². The number of unbranched alkanes of at least 4 members (excludes halogenated alkanes) is 7. The van der Waals surface area contributed by atoms with Crippen LogP contribution in [0.1, 0.15) is 84.4 Å². The fraction of sp³-hybridized carbons (Fsp3) is 0.833. The number of hydrogen-bond donors (Lipinski definition) is 0. The molecule has 0 aromatic carbocycles. The summed E-state index contributed by atoms with van der Waals surface area (Å²) in [6.07, 6.45) is 18.1. The van der Waals surface area contributed by atoms with E-state index in [9.17, 15) is 0 Å². The van der Waals surface area contributed by atoms with Crippen LogP contribution in [0.2, 0.25) is 0 Å². The van der Waals surface area contributed by atoms with Crippen LogP contribution < -0.4 is 4.57 Å². The lowest BCUT2D eigenvalue weighted by atomic mass is 10.1. The Bertz CT molecular complexity index is 341. The van der Waals surface area contributed by atoms with E-state index in [1.165, 1.54) is 76.6 Å². The Labute approximate surface area is 126 Å². The predicted molar refractivity (Wildman–Crippen MR) is 86.9 cm³/mol. The number of aromatic nitrogens is 2. The topological polar surface area (TPSA) is 8.81 Å². The Morgan fingerprint density at radius 2 is 1.50 bits per heavy atom. The van der Waals surface area contributed by atoms with Crippen molar-refractivity contribution in [3.8, 4) is 0 Å². The standard InChI is InChI=1S/C18H35N2/c1-4-7-9-10-11-12-13-14-18-19(6-3)16-17-20(18)15-8-5-2/h16-17H,4-15H2,1-3H3/q+1. The van der Waals surface area contributed by atoms with Crippen molar-refractivity contribution in [2.24, 2.45) is 0 Å². The van der Waals surface area contributed by atoms with Crippen molar-refractivity contribution in [1.82, 2.24) is 4.57 Å². The average Bonchev–Trinajstić information content (AvgIpc) is 2.86. The molecule has 0 bridgehead atoms. The molecule has 0 radical (unpaired) electrons. The van der Waals surface area contributed by atoms with E-state index in [0.29, 0.717) is 0 Å². The molecule has 1 rings (SSSR count). The van der Waals surface area contributed by atoms with Crippen molar-refractivity contribution in [2.45, 2.75) is 98.1 Å². The minimum absolute atomic E-state index is 1.10. The van der Waals surface area contributed by atoms with Crippen LogP contribution in [0, 0.1) is 0 Å². The van der Waals surface area contributed by atoms with Crippen LogP contribution >= 0.6 is 0 Å². The van der Waals surface area contributed by atoms with Crippen molar-refractivity contribution >= 4 is 0 Å². The first-order valence-electron chi connectivity index (χ1n) is 8.90. The van der Waals surface area contributed by atoms with Gasteiger partial charge in [0.15, 0.2) is 0 Å². The Morgan fingerprint density at radius 3 is 2.15 bits per heavy atom. The molecule has 0 aliphatic heterocycles. The van der Waals surface area contributed by atoms with Gasteiger partial charge in [0.2, 0.25) is 0 Å². The number of hydrogen-bond acceptors (Lipinski definition) is 0. The van der Waals surface area contributed by atoms with Gasteiger partial charge < -0.3 is 0 Å². The highest BCUT2D eigenvalue weighted by Crippen LogP contribution is 2.09. The average molecular weight is 279 g/mol. The quantitative estimate of drug-likeness (QED) is 0.380. The number of nitrogens with zero attached hydrogens (tertiary/aromatic N) is 2. The molecule has 2 heteroatoms. The summed E-state index contributed by atoms with van der Waals surface area (Å²) < 4.78 is 4.90. The molecule has 0 unspecified atom stereocenters. The monoisotopic (exact) mass is 279 g/mol. The lowest BCUT2D eigenvalue weighted by molar-refractivity contribution is -0.704. The first-order chi connectivity index (χ1) is 9.83.